The second-order valence-electron chi connectivity index (χ2n) is 3.60. The van der Waals surface area contributed by atoms with E-state index in [0.717, 1.165) is 30.2 Å². The molecule has 0 spiro atoms. The molecule has 88 valence electrons. The molecule has 0 aliphatic carbocycles. The Kier molecular flexibility index (Phi) is 3.51. The number of rotatable bonds is 4. The van der Waals surface area contributed by atoms with Gasteiger partial charge in [-0.2, -0.15) is 0 Å². The van der Waals surface area contributed by atoms with E-state index in [1.165, 1.54) is 0 Å². The van der Waals surface area contributed by atoms with Gasteiger partial charge in [-0.25, -0.2) is 0 Å². The molecular weight excluding hydrogens is 206 g/mol. The zero-order chi connectivity index (χ0) is 11.4. The summed E-state index contributed by atoms with van der Waals surface area (Å²) in [7, 11) is 1.64. The van der Waals surface area contributed by atoms with Crippen molar-refractivity contribution in [2.24, 2.45) is 0 Å². The van der Waals surface area contributed by atoms with Crippen molar-refractivity contribution in [2.45, 2.75) is 13.5 Å². The van der Waals surface area contributed by atoms with E-state index in [9.17, 15) is 0 Å². The summed E-state index contributed by atoms with van der Waals surface area (Å²) in [6.45, 7) is 5.01. The van der Waals surface area contributed by atoms with Crippen molar-refractivity contribution in [1.29, 1.82) is 0 Å². The minimum absolute atomic E-state index is 0.579. The van der Waals surface area contributed by atoms with E-state index in [1.54, 1.807) is 7.11 Å². The molecular formula is C12H17NO3. The highest BCUT2D eigenvalue weighted by Crippen LogP contribution is 2.40. The summed E-state index contributed by atoms with van der Waals surface area (Å²) in [4.78, 5) is 0. The Labute approximate surface area is 95.5 Å². The van der Waals surface area contributed by atoms with E-state index in [2.05, 4.69) is 12.2 Å². The second kappa shape index (κ2) is 5.07. The van der Waals surface area contributed by atoms with Crippen LogP contribution in [0.1, 0.15) is 12.5 Å². The summed E-state index contributed by atoms with van der Waals surface area (Å²) in [5, 5.41) is 3.27. The molecule has 1 heterocycles. The topological polar surface area (TPSA) is 39.7 Å². The summed E-state index contributed by atoms with van der Waals surface area (Å²) < 4.78 is 16.4. The Bertz CT molecular complexity index is 348. The molecule has 1 aliphatic heterocycles. The van der Waals surface area contributed by atoms with Crippen LogP contribution in [0, 0.1) is 0 Å². The zero-order valence-corrected chi connectivity index (χ0v) is 9.71. The molecule has 0 unspecified atom stereocenters. The fourth-order valence-corrected chi connectivity index (χ4v) is 1.70. The first-order valence-corrected chi connectivity index (χ1v) is 5.52. The Morgan fingerprint density at radius 3 is 2.88 bits per heavy atom. The number of hydrogen-bond acceptors (Lipinski definition) is 4. The van der Waals surface area contributed by atoms with Crippen molar-refractivity contribution in [3.8, 4) is 17.2 Å². The molecule has 0 fully saturated rings. The number of benzene rings is 1. The molecule has 0 amide bonds. The highest BCUT2D eigenvalue weighted by Gasteiger charge is 2.17. The van der Waals surface area contributed by atoms with Gasteiger partial charge in [0.15, 0.2) is 11.5 Å². The van der Waals surface area contributed by atoms with Crippen LogP contribution in [0.4, 0.5) is 0 Å². The largest absolute Gasteiger partial charge is 0.493 e. The molecule has 16 heavy (non-hydrogen) atoms. The van der Waals surface area contributed by atoms with Gasteiger partial charge in [-0.1, -0.05) is 6.92 Å². The normalized spacial score (nSPS) is 13.6. The van der Waals surface area contributed by atoms with Crippen LogP contribution in [0.25, 0.3) is 0 Å². The summed E-state index contributed by atoms with van der Waals surface area (Å²) in [6, 6.07) is 3.98. The lowest BCUT2D eigenvalue weighted by atomic mass is 10.1. The third-order valence-electron chi connectivity index (χ3n) is 2.47. The standard InChI is InChI=1S/C12H17NO3/c1-3-13-8-9-6-10(14-2)12-11(7-9)15-4-5-16-12/h6-7,13H,3-5,8H2,1-2H3. The lowest BCUT2D eigenvalue weighted by Crippen LogP contribution is -2.17. The van der Waals surface area contributed by atoms with Gasteiger partial charge in [0.05, 0.1) is 7.11 Å². The van der Waals surface area contributed by atoms with E-state index in [1.807, 2.05) is 12.1 Å². The van der Waals surface area contributed by atoms with Gasteiger partial charge < -0.3 is 19.5 Å². The van der Waals surface area contributed by atoms with E-state index < -0.39 is 0 Å². The number of hydrogen-bond donors (Lipinski definition) is 1. The average Bonchev–Trinajstić information content (AvgIpc) is 2.35. The predicted octanol–water partition coefficient (Wildman–Crippen LogP) is 1.58. The van der Waals surface area contributed by atoms with Crippen molar-refractivity contribution < 1.29 is 14.2 Å². The third-order valence-corrected chi connectivity index (χ3v) is 2.47. The summed E-state index contributed by atoms with van der Waals surface area (Å²) in [6.07, 6.45) is 0. The first-order chi connectivity index (χ1) is 7.85. The summed E-state index contributed by atoms with van der Waals surface area (Å²) in [5.74, 6) is 2.23. The van der Waals surface area contributed by atoms with Gasteiger partial charge in [-0.15, -0.1) is 0 Å². The lowest BCUT2D eigenvalue weighted by molar-refractivity contribution is 0.165. The van der Waals surface area contributed by atoms with Gasteiger partial charge in [0, 0.05) is 6.54 Å². The van der Waals surface area contributed by atoms with Crippen molar-refractivity contribution in [1.82, 2.24) is 5.32 Å². The van der Waals surface area contributed by atoms with Crippen molar-refractivity contribution in [2.75, 3.05) is 26.9 Å². The molecule has 2 rings (SSSR count). The van der Waals surface area contributed by atoms with Crippen LogP contribution in [0.15, 0.2) is 12.1 Å². The molecule has 0 saturated heterocycles. The summed E-state index contributed by atoms with van der Waals surface area (Å²) >= 11 is 0. The fourth-order valence-electron chi connectivity index (χ4n) is 1.70. The predicted molar refractivity (Wildman–Crippen MR) is 61.4 cm³/mol. The van der Waals surface area contributed by atoms with Crippen LogP contribution < -0.4 is 19.5 Å². The molecule has 1 aromatic rings. The SMILES string of the molecule is CCNCc1cc(OC)c2c(c1)OCCO2. The van der Waals surface area contributed by atoms with E-state index >= 15 is 0 Å². The molecule has 0 radical (unpaired) electrons. The summed E-state index contributed by atoms with van der Waals surface area (Å²) in [5.41, 5.74) is 1.14. The van der Waals surface area contributed by atoms with Gasteiger partial charge in [-0.3, -0.25) is 0 Å². The highest BCUT2D eigenvalue weighted by molar-refractivity contribution is 5.54. The number of nitrogens with one attached hydrogen (secondary N) is 1. The molecule has 1 aliphatic rings. The molecule has 4 heteroatoms. The van der Waals surface area contributed by atoms with Gasteiger partial charge in [0.25, 0.3) is 0 Å². The highest BCUT2D eigenvalue weighted by atomic mass is 16.6. The van der Waals surface area contributed by atoms with Gasteiger partial charge in [-0.05, 0) is 24.2 Å². The van der Waals surface area contributed by atoms with Crippen LogP contribution in [0.2, 0.25) is 0 Å². The van der Waals surface area contributed by atoms with Crippen molar-refractivity contribution in [3.63, 3.8) is 0 Å². The van der Waals surface area contributed by atoms with Crippen LogP contribution >= 0.6 is 0 Å². The minimum Gasteiger partial charge on any atom is -0.493 e. The third kappa shape index (κ3) is 2.22. The smallest absolute Gasteiger partial charge is 0.203 e. The van der Waals surface area contributed by atoms with Crippen LogP contribution in [-0.2, 0) is 6.54 Å². The van der Waals surface area contributed by atoms with E-state index in [-0.39, 0.29) is 0 Å². The maximum absolute atomic E-state index is 5.55. The molecule has 1 aromatic carbocycles. The maximum atomic E-state index is 5.55. The van der Waals surface area contributed by atoms with Gasteiger partial charge in [0.2, 0.25) is 5.75 Å². The molecule has 1 N–H and O–H groups in total. The van der Waals surface area contributed by atoms with Crippen LogP contribution in [0.3, 0.4) is 0 Å². The molecule has 0 aromatic heterocycles. The quantitative estimate of drug-likeness (QED) is 0.841. The Morgan fingerprint density at radius 1 is 1.31 bits per heavy atom. The molecule has 0 atom stereocenters. The van der Waals surface area contributed by atoms with E-state index in [0.29, 0.717) is 19.0 Å². The zero-order valence-electron chi connectivity index (χ0n) is 9.71. The first kappa shape index (κ1) is 11.1. The van der Waals surface area contributed by atoms with E-state index in [4.69, 9.17) is 14.2 Å². The molecule has 4 nitrogen and oxygen atoms in total. The average molecular weight is 223 g/mol. The van der Waals surface area contributed by atoms with Crippen molar-refractivity contribution in [3.05, 3.63) is 17.7 Å². The fraction of sp³-hybridized carbons (Fsp3) is 0.500. The number of fused-ring (bicyclic) bond motifs is 1. The van der Waals surface area contributed by atoms with Crippen LogP contribution in [0.5, 0.6) is 17.2 Å². The Hall–Kier alpha value is -1.42. The maximum Gasteiger partial charge on any atom is 0.203 e. The number of methoxy groups -OCH3 is 1. The Morgan fingerprint density at radius 2 is 2.12 bits per heavy atom. The van der Waals surface area contributed by atoms with Gasteiger partial charge in [0.1, 0.15) is 13.2 Å². The lowest BCUT2D eigenvalue weighted by Gasteiger charge is -2.21. The second-order valence-corrected chi connectivity index (χ2v) is 3.60. The minimum atomic E-state index is 0.579. The van der Waals surface area contributed by atoms with Crippen LogP contribution in [-0.4, -0.2) is 26.9 Å². The molecule has 0 bridgehead atoms. The van der Waals surface area contributed by atoms with Gasteiger partial charge >= 0.3 is 0 Å². The molecule has 0 saturated carbocycles. The number of ether oxygens (including phenoxy) is 3. The monoisotopic (exact) mass is 223 g/mol. The van der Waals surface area contributed by atoms with Crippen molar-refractivity contribution >= 4 is 0 Å². The first-order valence-electron chi connectivity index (χ1n) is 5.52. The Balaban J connectivity index is 2.28.